The molecule has 0 bridgehead atoms. The number of likely N-dealkylation sites (tertiary alicyclic amines) is 1. The lowest BCUT2D eigenvalue weighted by Gasteiger charge is -2.26. The van der Waals surface area contributed by atoms with Crippen molar-refractivity contribution in [2.75, 3.05) is 13.1 Å². The maximum absolute atomic E-state index is 12.7. The first-order valence-corrected chi connectivity index (χ1v) is 8.26. The number of halogens is 2. The predicted octanol–water partition coefficient (Wildman–Crippen LogP) is 2.45. The van der Waals surface area contributed by atoms with Crippen LogP contribution in [0.4, 0.5) is 0 Å². The summed E-state index contributed by atoms with van der Waals surface area (Å²) in [4.78, 5) is 26.6. The summed E-state index contributed by atoms with van der Waals surface area (Å²) in [6, 6.07) is 4.21. The van der Waals surface area contributed by atoms with Gasteiger partial charge in [-0.3, -0.25) is 9.59 Å². The minimum atomic E-state index is -0.496. The Hall–Kier alpha value is -1.30. The summed E-state index contributed by atoms with van der Waals surface area (Å²) in [5.74, 6) is -0.415. The second-order valence-corrected chi connectivity index (χ2v) is 7.39. The fourth-order valence-electron chi connectivity index (χ4n) is 2.56. The molecule has 1 unspecified atom stereocenters. The largest absolute Gasteiger partial charge is 0.352 e. The standard InChI is InChI=1S/C16H21Cl2N3O2/c1-16(2,19)9-20-14(22)13-4-3-5-21(13)15(23)10-6-11(17)8-12(18)7-10/h6-8,13H,3-5,9,19H2,1-2H3,(H,20,22). The van der Waals surface area contributed by atoms with Crippen molar-refractivity contribution in [3.8, 4) is 0 Å². The molecule has 1 aliphatic heterocycles. The molecule has 2 amide bonds. The van der Waals surface area contributed by atoms with Crippen molar-refractivity contribution in [3.63, 3.8) is 0 Å². The van der Waals surface area contributed by atoms with E-state index in [1.807, 2.05) is 13.8 Å². The van der Waals surface area contributed by atoms with Gasteiger partial charge in [0, 0.05) is 34.2 Å². The molecule has 1 aromatic rings. The normalized spacial score (nSPS) is 18.1. The summed E-state index contributed by atoms with van der Waals surface area (Å²) in [5, 5.41) is 3.60. The average Bonchev–Trinajstić information content (AvgIpc) is 2.91. The lowest BCUT2D eigenvalue weighted by molar-refractivity contribution is -0.125. The van der Waals surface area contributed by atoms with Crippen molar-refractivity contribution >= 4 is 35.0 Å². The summed E-state index contributed by atoms with van der Waals surface area (Å²) in [6.45, 7) is 4.55. The third kappa shape index (κ3) is 4.83. The van der Waals surface area contributed by atoms with Gasteiger partial charge in [0.15, 0.2) is 0 Å². The zero-order valence-corrected chi connectivity index (χ0v) is 14.7. The van der Waals surface area contributed by atoms with E-state index in [2.05, 4.69) is 5.32 Å². The van der Waals surface area contributed by atoms with Gasteiger partial charge in [-0.25, -0.2) is 0 Å². The van der Waals surface area contributed by atoms with Crippen molar-refractivity contribution in [3.05, 3.63) is 33.8 Å². The Morgan fingerprint density at radius 1 is 1.30 bits per heavy atom. The summed E-state index contributed by atoms with van der Waals surface area (Å²) >= 11 is 11.9. The van der Waals surface area contributed by atoms with E-state index >= 15 is 0 Å². The van der Waals surface area contributed by atoms with E-state index in [4.69, 9.17) is 28.9 Å². The number of benzene rings is 1. The first-order valence-electron chi connectivity index (χ1n) is 7.51. The Balaban J connectivity index is 2.11. The molecule has 0 aliphatic carbocycles. The van der Waals surface area contributed by atoms with Gasteiger partial charge in [0.05, 0.1) is 0 Å². The Bertz CT molecular complexity index is 594. The molecular formula is C16H21Cl2N3O2. The monoisotopic (exact) mass is 357 g/mol. The molecule has 1 aliphatic rings. The van der Waals surface area contributed by atoms with E-state index in [9.17, 15) is 9.59 Å². The van der Waals surface area contributed by atoms with Crippen LogP contribution in [0.5, 0.6) is 0 Å². The Morgan fingerprint density at radius 3 is 2.48 bits per heavy atom. The van der Waals surface area contributed by atoms with Crippen LogP contribution in [0.1, 0.15) is 37.0 Å². The van der Waals surface area contributed by atoms with Gasteiger partial charge >= 0.3 is 0 Å². The number of nitrogens with one attached hydrogen (secondary N) is 1. The molecule has 1 fully saturated rings. The minimum Gasteiger partial charge on any atom is -0.352 e. The molecule has 1 aromatic carbocycles. The van der Waals surface area contributed by atoms with E-state index in [1.54, 1.807) is 23.1 Å². The van der Waals surface area contributed by atoms with Crippen LogP contribution in [0.3, 0.4) is 0 Å². The van der Waals surface area contributed by atoms with Gasteiger partial charge in [-0.1, -0.05) is 23.2 Å². The van der Waals surface area contributed by atoms with Crippen LogP contribution in [0.15, 0.2) is 18.2 Å². The zero-order valence-electron chi connectivity index (χ0n) is 13.2. The van der Waals surface area contributed by atoms with Crippen LogP contribution in [0, 0.1) is 0 Å². The fraction of sp³-hybridized carbons (Fsp3) is 0.500. The SMILES string of the molecule is CC(C)(N)CNC(=O)C1CCCN1C(=O)c1cc(Cl)cc(Cl)c1. The van der Waals surface area contributed by atoms with Gasteiger partial charge in [-0.15, -0.1) is 0 Å². The highest BCUT2D eigenvalue weighted by Crippen LogP contribution is 2.24. The molecule has 1 saturated heterocycles. The number of carbonyl (C=O) groups is 2. The van der Waals surface area contributed by atoms with Gasteiger partial charge in [0.25, 0.3) is 5.91 Å². The van der Waals surface area contributed by atoms with Gasteiger partial charge in [-0.2, -0.15) is 0 Å². The first kappa shape index (κ1) is 18.0. The molecule has 0 radical (unpaired) electrons. The average molecular weight is 358 g/mol. The first-order chi connectivity index (χ1) is 10.7. The van der Waals surface area contributed by atoms with Crippen molar-refractivity contribution in [2.45, 2.75) is 38.3 Å². The van der Waals surface area contributed by atoms with Crippen LogP contribution in [0.2, 0.25) is 10.0 Å². The highest BCUT2D eigenvalue weighted by molar-refractivity contribution is 6.35. The van der Waals surface area contributed by atoms with Crippen LogP contribution in [0.25, 0.3) is 0 Å². The highest BCUT2D eigenvalue weighted by atomic mass is 35.5. The van der Waals surface area contributed by atoms with Crippen molar-refractivity contribution in [2.24, 2.45) is 5.73 Å². The molecule has 2 rings (SSSR count). The predicted molar refractivity (Wildman–Crippen MR) is 91.8 cm³/mol. The second-order valence-electron chi connectivity index (χ2n) is 6.52. The van der Waals surface area contributed by atoms with Crippen LogP contribution >= 0.6 is 23.2 Å². The molecule has 1 atom stereocenters. The van der Waals surface area contributed by atoms with Crippen molar-refractivity contribution in [1.29, 1.82) is 0 Å². The van der Waals surface area contributed by atoms with Crippen molar-refractivity contribution in [1.82, 2.24) is 10.2 Å². The van der Waals surface area contributed by atoms with Gasteiger partial charge < -0.3 is 16.0 Å². The Morgan fingerprint density at radius 2 is 1.91 bits per heavy atom. The molecular weight excluding hydrogens is 337 g/mol. The van der Waals surface area contributed by atoms with E-state index in [0.29, 0.717) is 35.1 Å². The Kier molecular flexibility index (Phi) is 5.55. The molecule has 126 valence electrons. The number of rotatable bonds is 4. The number of hydrogen-bond donors (Lipinski definition) is 2. The highest BCUT2D eigenvalue weighted by Gasteiger charge is 2.35. The third-order valence-electron chi connectivity index (χ3n) is 3.64. The molecule has 1 heterocycles. The van der Waals surface area contributed by atoms with Crippen LogP contribution in [-0.2, 0) is 4.79 Å². The lowest BCUT2D eigenvalue weighted by atomic mass is 10.1. The molecule has 0 saturated carbocycles. The minimum absolute atomic E-state index is 0.178. The number of carbonyl (C=O) groups excluding carboxylic acids is 2. The van der Waals surface area contributed by atoms with Crippen molar-refractivity contribution < 1.29 is 9.59 Å². The van der Waals surface area contributed by atoms with E-state index < -0.39 is 11.6 Å². The quantitative estimate of drug-likeness (QED) is 0.868. The van der Waals surface area contributed by atoms with E-state index in [0.717, 1.165) is 6.42 Å². The molecule has 0 aromatic heterocycles. The maximum Gasteiger partial charge on any atom is 0.254 e. The van der Waals surface area contributed by atoms with Crippen LogP contribution in [-0.4, -0.2) is 41.4 Å². The number of amides is 2. The smallest absolute Gasteiger partial charge is 0.254 e. The molecule has 3 N–H and O–H groups in total. The molecule has 23 heavy (non-hydrogen) atoms. The maximum atomic E-state index is 12.7. The summed E-state index contributed by atoms with van der Waals surface area (Å²) in [6.07, 6.45) is 1.42. The summed E-state index contributed by atoms with van der Waals surface area (Å²) in [5.41, 5.74) is 5.77. The molecule has 5 nitrogen and oxygen atoms in total. The number of hydrogen-bond acceptors (Lipinski definition) is 3. The second kappa shape index (κ2) is 7.07. The molecule has 7 heteroatoms. The molecule has 0 spiro atoms. The Labute approximate surface area is 146 Å². The topological polar surface area (TPSA) is 75.4 Å². The van der Waals surface area contributed by atoms with Gasteiger partial charge in [0.2, 0.25) is 5.91 Å². The van der Waals surface area contributed by atoms with Gasteiger partial charge in [0.1, 0.15) is 6.04 Å². The fourth-order valence-corrected chi connectivity index (χ4v) is 3.08. The number of nitrogens with two attached hydrogens (primary N) is 1. The summed E-state index contributed by atoms with van der Waals surface area (Å²) in [7, 11) is 0. The lowest BCUT2D eigenvalue weighted by Crippen LogP contribution is -2.51. The van der Waals surface area contributed by atoms with Gasteiger partial charge in [-0.05, 0) is 44.9 Å². The van der Waals surface area contributed by atoms with Crippen LogP contribution < -0.4 is 11.1 Å². The third-order valence-corrected chi connectivity index (χ3v) is 4.08. The van der Waals surface area contributed by atoms with E-state index in [-0.39, 0.29) is 11.8 Å². The summed E-state index contributed by atoms with van der Waals surface area (Å²) < 4.78 is 0. The zero-order chi connectivity index (χ0) is 17.2. The number of nitrogens with zero attached hydrogens (tertiary/aromatic N) is 1. The van der Waals surface area contributed by atoms with E-state index in [1.165, 1.54) is 0 Å².